The maximum atomic E-state index is 11.4. The number of aliphatic hydroxyl groups excluding tert-OH is 2. The number of hydrogen-bond donors (Lipinski definition) is 4. The largest absolute Gasteiger partial charge is 0.394 e. The van der Waals surface area contributed by atoms with Gasteiger partial charge in [0.25, 0.3) is 0 Å². The summed E-state index contributed by atoms with van der Waals surface area (Å²) in [6.45, 7) is -0.291. The van der Waals surface area contributed by atoms with Gasteiger partial charge in [0, 0.05) is 13.0 Å². The molecular formula is C8H14N2O4. The van der Waals surface area contributed by atoms with E-state index in [1.54, 1.807) is 0 Å². The Labute approximate surface area is 81.3 Å². The van der Waals surface area contributed by atoms with Gasteiger partial charge in [-0.25, -0.2) is 0 Å². The molecule has 1 rings (SSSR count). The zero-order valence-electron chi connectivity index (χ0n) is 7.69. The second kappa shape index (κ2) is 4.92. The van der Waals surface area contributed by atoms with Crippen LogP contribution in [0.3, 0.4) is 0 Å². The van der Waals surface area contributed by atoms with Crippen LogP contribution in [-0.4, -0.2) is 47.8 Å². The van der Waals surface area contributed by atoms with E-state index in [2.05, 4.69) is 10.6 Å². The average Bonchev–Trinajstić information content (AvgIpc) is 2.61. The first-order valence-corrected chi connectivity index (χ1v) is 4.46. The standard InChI is InChI=1S/C8H14N2O4/c11-3-6(4-12)10-8(14)5-1-7(13)9-2-5/h5-6,11-12H,1-4H2,(H,9,13)(H,10,14). The summed E-state index contributed by atoms with van der Waals surface area (Å²) in [6, 6.07) is -0.641. The first kappa shape index (κ1) is 10.9. The van der Waals surface area contributed by atoms with Crippen LogP contribution in [-0.2, 0) is 9.59 Å². The molecule has 1 atom stereocenters. The number of aliphatic hydroxyl groups is 2. The molecule has 1 saturated heterocycles. The number of nitrogens with one attached hydrogen (secondary N) is 2. The second-order valence-corrected chi connectivity index (χ2v) is 3.28. The number of rotatable bonds is 4. The number of hydrogen-bond acceptors (Lipinski definition) is 4. The lowest BCUT2D eigenvalue weighted by molar-refractivity contribution is -0.127. The van der Waals surface area contributed by atoms with Crippen LogP contribution in [0.5, 0.6) is 0 Å². The van der Waals surface area contributed by atoms with Gasteiger partial charge in [-0.15, -0.1) is 0 Å². The maximum Gasteiger partial charge on any atom is 0.225 e. The van der Waals surface area contributed by atoms with Crippen LogP contribution in [0.4, 0.5) is 0 Å². The van der Waals surface area contributed by atoms with Gasteiger partial charge in [-0.1, -0.05) is 0 Å². The third kappa shape index (κ3) is 2.68. The van der Waals surface area contributed by atoms with E-state index in [-0.39, 0.29) is 37.4 Å². The Morgan fingerprint density at radius 2 is 2.21 bits per heavy atom. The van der Waals surface area contributed by atoms with Crippen molar-refractivity contribution in [3.63, 3.8) is 0 Å². The molecule has 0 saturated carbocycles. The van der Waals surface area contributed by atoms with Crippen LogP contribution < -0.4 is 10.6 Å². The molecule has 14 heavy (non-hydrogen) atoms. The molecule has 0 aliphatic carbocycles. The van der Waals surface area contributed by atoms with Crippen LogP contribution in [0.25, 0.3) is 0 Å². The van der Waals surface area contributed by atoms with Gasteiger partial charge in [-0.3, -0.25) is 9.59 Å². The molecule has 0 radical (unpaired) electrons. The zero-order valence-corrected chi connectivity index (χ0v) is 7.69. The van der Waals surface area contributed by atoms with Crippen molar-refractivity contribution >= 4 is 11.8 Å². The highest BCUT2D eigenvalue weighted by Gasteiger charge is 2.28. The fraction of sp³-hybridized carbons (Fsp3) is 0.750. The van der Waals surface area contributed by atoms with Gasteiger partial charge in [0.1, 0.15) is 0 Å². The second-order valence-electron chi connectivity index (χ2n) is 3.28. The lowest BCUT2D eigenvalue weighted by atomic mass is 10.1. The Balaban J connectivity index is 2.38. The summed E-state index contributed by atoms with van der Waals surface area (Å²) < 4.78 is 0. The maximum absolute atomic E-state index is 11.4. The van der Waals surface area contributed by atoms with Gasteiger partial charge in [-0.05, 0) is 0 Å². The fourth-order valence-corrected chi connectivity index (χ4v) is 1.26. The van der Waals surface area contributed by atoms with Gasteiger partial charge >= 0.3 is 0 Å². The minimum atomic E-state index is -0.641. The Kier molecular flexibility index (Phi) is 3.84. The van der Waals surface area contributed by atoms with Crippen molar-refractivity contribution < 1.29 is 19.8 Å². The Bertz CT molecular complexity index is 227. The predicted molar refractivity (Wildman–Crippen MR) is 47.2 cm³/mol. The molecule has 1 unspecified atom stereocenters. The SMILES string of the molecule is O=C1CC(C(=O)NC(CO)CO)CN1. The smallest absolute Gasteiger partial charge is 0.225 e. The molecule has 1 aliphatic rings. The van der Waals surface area contributed by atoms with Crippen molar-refractivity contribution in [2.45, 2.75) is 12.5 Å². The molecular weight excluding hydrogens is 188 g/mol. The van der Waals surface area contributed by atoms with Gasteiger partial charge in [0.05, 0.1) is 25.2 Å². The molecule has 0 aromatic carbocycles. The van der Waals surface area contributed by atoms with Crippen molar-refractivity contribution in [3.05, 3.63) is 0 Å². The first-order valence-electron chi connectivity index (χ1n) is 4.46. The predicted octanol–water partition coefficient (Wildman–Crippen LogP) is -2.41. The first-order chi connectivity index (χ1) is 6.67. The average molecular weight is 202 g/mol. The normalized spacial score (nSPS) is 21.1. The van der Waals surface area contributed by atoms with E-state index in [1.807, 2.05) is 0 Å². The highest BCUT2D eigenvalue weighted by Crippen LogP contribution is 2.08. The summed E-state index contributed by atoms with van der Waals surface area (Å²) in [4.78, 5) is 22.2. The fourth-order valence-electron chi connectivity index (χ4n) is 1.26. The highest BCUT2D eigenvalue weighted by atomic mass is 16.3. The molecule has 1 aliphatic heterocycles. The van der Waals surface area contributed by atoms with Crippen LogP contribution in [0, 0.1) is 5.92 Å². The highest BCUT2D eigenvalue weighted by molar-refractivity contribution is 5.89. The molecule has 2 amide bonds. The van der Waals surface area contributed by atoms with E-state index in [0.29, 0.717) is 6.54 Å². The van der Waals surface area contributed by atoms with E-state index in [9.17, 15) is 9.59 Å². The minimum absolute atomic E-state index is 0.144. The van der Waals surface area contributed by atoms with Crippen molar-refractivity contribution in [3.8, 4) is 0 Å². The van der Waals surface area contributed by atoms with E-state index in [1.165, 1.54) is 0 Å². The van der Waals surface area contributed by atoms with E-state index < -0.39 is 6.04 Å². The van der Waals surface area contributed by atoms with E-state index in [4.69, 9.17) is 10.2 Å². The van der Waals surface area contributed by atoms with Gasteiger partial charge in [-0.2, -0.15) is 0 Å². The Hall–Kier alpha value is -1.14. The Morgan fingerprint density at radius 1 is 1.57 bits per heavy atom. The molecule has 4 N–H and O–H groups in total. The summed E-state index contributed by atoms with van der Waals surface area (Å²) in [5.41, 5.74) is 0. The van der Waals surface area contributed by atoms with Crippen molar-refractivity contribution in [2.24, 2.45) is 5.92 Å². The molecule has 0 bridgehead atoms. The van der Waals surface area contributed by atoms with Crippen LogP contribution >= 0.6 is 0 Å². The van der Waals surface area contributed by atoms with E-state index in [0.717, 1.165) is 0 Å². The van der Waals surface area contributed by atoms with E-state index >= 15 is 0 Å². The Morgan fingerprint density at radius 3 is 2.64 bits per heavy atom. The van der Waals surface area contributed by atoms with Crippen molar-refractivity contribution in [1.29, 1.82) is 0 Å². The van der Waals surface area contributed by atoms with Gasteiger partial charge in [0.2, 0.25) is 11.8 Å². The molecule has 0 aromatic heterocycles. The topological polar surface area (TPSA) is 98.7 Å². The van der Waals surface area contributed by atoms with Gasteiger partial charge < -0.3 is 20.8 Å². The van der Waals surface area contributed by atoms with Crippen LogP contribution in [0.1, 0.15) is 6.42 Å². The lowest BCUT2D eigenvalue weighted by Crippen LogP contribution is -2.43. The van der Waals surface area contributed by atoms with Crippen molar-refractivity contribution in [1.82, 2.24) is 10.6 Å². The number of carbonyl (C=O) groups excluding carboxylic acids is 2. The summed E-state index contributed by atoms with van der Waals surface area (Å²) >= 11 is 0. The monoisotopic (exact) mass is 202 g/mol. The molecule has 1 fully saturated rings. The summed E-state index contributed by atoms with van der Waals surface area (Å²) in [6.07, 6.45) is 0.176. The minimum Gasteiger partial charge on any atom is -0.394 e. The molecule has 1 heterocycles. The molecule has 0 spiro atoms. The third-order valence-electron chi connectivity index (χ3n) is 2.14. The number of carbonyl (C=O) groups is 2. The lowest BCUT2D eigenvalue weighted by Gasteiger charge is -2.15. The molecule has 80 valence electrons. The molecule has 6 heteroatoms. The van der Waals surface area contributed by atoms with Crippen LogP contribution in [0.2, 0.25) is 0 Å². The number of amides is 2. The van der Waals surface area contributed by atoms with Crippen molar-refractivity contribution in [2.75, 3.05) is 19.8 Å². The zero-order chi connectivity index (χ0) is 10.6. The van der Waals surface area contributed by atoms with Gasteiger partial charge in [0.15, 0.2) is 0 Å². The summed E-state index contributed by atoms with van der Waals surface area (Å²) in [7, 11) is 0. The van der Waals surface area contributed by atoms with Crippen LogP contribution in [0.15, 0.2) is 0 Å². The third-order valence-corrected chi connectivity index (χ3v) is 2.14. The molecule has 0 aromatic rings. The quantitative estimate of drug-likeness (QED) is 0.408. The molecule has 6 nitrogen and oxygen atoms in total. The summed E-state index contributed by atoms with van der Waals surface area (Å²) in [5.74, 6) is -0.839. The summed E-state index contributed by atoms with van der Waals surface area (Å²) in [5, 5.41) is 22.4.